The van der Waals surface area contributed by atoms with E-state index in [0.29, 0.717) is 43.7 Å². The number of hydrogen-bond acceptors (Lipinski definition) is 7. The smallest absolute Gasteiger partial charge is 0.270 e. The van der Waals surface area contributed by atoms with Gasteiger partial charge in [-0.05, 0) is 30.9 Å². The maximum Gasteiger partial charge on any atom is 0.270 e. The molecule has 1 aromatic heterocycles. The molecule has 0 saturated carbocycles. The molecule has 9 nitrogen and oxygen atoms in total. The van der Waals surface area contributed by atoms with E-state index >= 15 is 0 Å². The van der Waals surface area contributed by atoms with Gasteiger partial charge in [-0.1, -0.05) is 19.1 Å². The largest absolute Gasteiger partial charge is 0.379 e. The van der Waals surface area contributed by atoms with Crippen molar-refractivity contribution in [1.82, 2.24) is 14.3 Å². The summed E-state index contributed by atoms with van der Waals surface area (Å²) in [4.78, 5) is 22.0. The molecule has 2 fully saturated rings. The quantitative estimate of drug-likeness (QED) is 0.762. The molecule has 0 amide bonds. The van der Waals surface area contributed by atoms with Crippen molar-refractivity contribution in [2.24, 2.45) is 5.92 Å². The first kappa shape index (κ1) is 21.5. The number of aromatic nitrogens is 2. The van der Waals surface area contributed by atoms with Crippen molar-refractivity contribution in [3.05, 3.63) is 40.2 Å². The molecular formula is C21H25N5O4S. The molecule has 0 atom stereocenters. The number of piperidine rings is 1. The molecule has 3 heterocycles. The van der Waals surface area contributed by atoms with Crippen molar-refractivity contribution in [2.45, 2.75) is 24.7 Å². The van der Waals surface area contributed by atoms with Gasteiger partial charge in [0.2, 0.25) is 16.0 Å². The van der Waals surface area contributed by atoms with E-state index < -0.39 is 15.6 Å². The number of aromatic amines is 1. The Balaban J connectivity index is 1.67. The van der Waals surface area contributed by atoms with Crippen LogP contribution >= 0.6 is 0 Å². The van der Waals surface area contributed by atoms with Gasteiger partial charge in [-0.15, -0.1) is 0 Å². The standard InChI is InChI=1S/C21H25N5O4S/c1-15-6-8-25(9-7-15)21-23-19(18(14-22)20(27)24-21)16-2-4-17(5-3-16)31(28,29)26-10-12-30-13-11-26/h2-5,15H,6-13H2,1H3,(H,23,24,27). The fraction of sp³-hybridized carbons (Fsp3) is 0.476. The monoisotopic (exact) mass is 443 g/mol. The van der Waals surface area contributed by atoms with Gasteiger partial charge in [0.25, 0.3) is 5.56 Å². The third-order valence-electron chi connectivity index (χ3n) is 5.84. The second-order valence-corrected chi connectivity index (χ2v) is 9.87. The number of benzene rings is 1. The van der Waals surface area contributed by atoms with Crippen LogP contribution in [0.25, 0.3) is 11.3 Å². The van der Waals surface area contributed by atoms with Gasteiger partial charge in [0, 0.05) is 31.7 Å². The van der Waals surface area contributed by atoms with Crippen LogP contribution in [0.2, 0.25) is 0 Å². The minimum absolute atomic E-state index is 0.0853. The van der Waals surface area contributed by atoms with E-state index in [4.69, 9.17) is 4.74 Å². The number of nitriles is 1. The highest BCUT2D eigenvalue weighted by Gasteiger charge is 2.27. The van der Waals surface area contributed by atoms with Gasteiger partial charge in [0.05, 0.1) is 23.8 Å². The molecule has 1 N–H and O–H groups in total. The zero-order valence-corrected chi connectivity index (χ0v) is 18.2. The molecule has 0 unspecified atom stereocenters. The molecule has 1 aromatic carbocycles. The minimum atomic E-state index is -3.62. The average Bonchev–Trinajstić information content (AvgIpc) is 2.79. The minimum Gasteiger partial charge on any atom is -0.379 e. The lowest BCUT2D eigenvalue weighted by molar-refractivity contribution is 0.0730. The number of morpholine rings is 1. The summed E-state index contributed by atoms with van der Waals surface area (Å²) in [6.45, 7) is 5.14. The third kappa shape index (κ3) is 4.35. The number of H-pyrrole nitrogens is 1. The van der Waals surface area contributed by atoms with Crippen molar-refractivity contribution in [3.8, 4) is 17.3 Å². The zero-order valence-electron chi connectivity index (χ0n) is 17.4. The predicted octanol–water partition coefficient (Wildman–Crippen LogP) is 1.57. The Morgan fingerprint density at radius 2 is 1.77 bits per heavy atom. The highest BCUT2D eigenvalue weighted by atomic mass is 32.2. The van der Waals surface area contributed by atoms with E-state index in [2.05, 4.69) is 16.9 Å². The number of nitrogens with zero attached hydrogens (tertiary/aromatic N) is 4. The van der Waals surface area contributed by atoms with E-state index in [0.717, 1.165) is 25.9 Å². The number of ether oxygens (including phenoxy) is 1. The molecule has 31 heavy (non-hydrogen) atoms. The summed E-state index contributed by atoms with van der Waals surface area (Å²) in [6.07, 6.45) is 2.01. The molecule has 2 aliphatic heterocycles. The summed E-state index contributed by atoms with van der Waals surface area (Å²) in [5.74, 6) is 1.07. The Bertz CT molecular complexity index is 1140. The highest BCUT2D eigenvalue weighted by Crippen LogP contribution is 2.26. The Labute approximate surface area is 181 Å². The molecule has 0 bridgehead atoms. The Kier molecular flexibility index (Phi) is 6.09. The van der Waals surface area contributed by atoms with E-state index in [1.807, 2.05) is 11.0 Å². The van der Waals surface area contributed by atoms with Crippen molar-refractivity contribution >= 4 is 16.0 Å². The number of hydrogen-bond donors (Lipinski definition) is 1. The van der Waals surface area contributed by atoms with Crippen LogP contribution in [-0.4, -0.2) is 62.1 Å². The topological polar surface area (TPSA) is 119 Å². The van der Waals surface area contributed by atoms with Gasteiger partial charge in [-0.25, -0.2) is 13.4 Å². The lowest BCUT2D eigenvalue weighted by atomic mass is 9.99. The normalized spacial score (nSPS) is 18.6. The molecule has 164 valence electrons. The van der Waals surface area contributed by atoms with E-state index in [9.17, 15) is 18.5 Å². The zero-order chi connectivity index (χ0) is 22.0. The number of anilines is 1. The number of rotatable bonds is 4. The summed E-state index contributed by atoms with van der Waals surface area (Å²) in [6, 6.07) is 8.11. The summed E-state index contributed by atoms with van der Waals surface area (Å²) in [5.41, 5.74) is 0.203. The molecule has 10 heteroatoms. The Morgan fingerprint density at radius 3 is 2.39 bits per heavy atom. The van der Waals surface area contributed by atoms with Crippen LogP contribution in [0, 0.1) is 17.2 Å². The molecule has 4 rings (SSSR count). The summed E-state index contributed by atoms with van der Waals surface area (Å²) in [7, 11) is -3.62. The molecule has 0 aliphatic carbocycles. The lowest BCUT2D eigenvalue weighted by Gasteiger charge is -2.30. The fourth-order valence-electron chi connectivity index (χ4n) is 3.86. The van der Waals surface area contributed by atoms with Crippen LogP contribution in [0.4, 0.5) is 5.95 Å². The van der Waals surface area contributed by atoms with E-state index in [1.165, 1.54) is 16.4 Å². The van der Waals surface area contributed by atoms with Crippen LogP contribution in [0.5, 0.6) is 0 Å². The van der Waals surface area contributed by atoms with Crippen molar-refractivity contribution in [3.63, 3.8) is 0 Å². The first-order valence-electron chi connectivity index (χ1n) is 10.4. The Morgan fingerprint density at radius 1 is 1.13 bits per heavy atom. The summed E-state index contributed by atoms with van der Waals surface area (Å²) >= 11 is 0. The van der Waals surface area contributed by atoms with Crippen LogP contribution in [0.3, 0.4) is 0 Å². The molecule has 0 radical (unpaired) electrons. The SMILES string of the molecule is CC1CCN(c2nc(-c3ccc(S(=O)(=O)N4CCOCC4)cc3)c(C#N)c(=O)[nH]2)CC1. The van der Waals surface area contributed by atoms with Crippen LogP contribution in [0.15, 0.2) is 34.0 Å². The predicted molar refractivity (Wildman–Crippen MR) is 115 cm³/mol. The fourth-order valence-corrected chi connectivity index (χ4v) is 5.27. The van der Waals surface area contributed by atoms with Crippen LogP contribution in [0.1, 0.15) is 25.3 Å². The van der Waals surface area contributed by atoms with Crippen molar-refractivity contribution < 1.29 is 13.2 Å². The van der Waals surface area contributed by atoms with Crippen LogP contribution in [-0.2, 0) is 14.8 Å². The molecule has 2 saturated heterocycles. The van der Waals surface area contributed by atoms with Gasteiger partial charge in [0.15, 0.2) is 0 Å². The second-order valence-electron chi connectivity index (χ2n) is 7.94. The summed E-state index contributed by atoms with van der Waals surface area (Å²) in [5, 5.41) is 9.51. The highest BCUT2D eigenvalue weighted by molar-refractivity contribution is 7.89. The van der Waals surface area contributed by atoms with Gasteiger partial charge < -0.3 is 9.64 Å². The molecule has 2 aliphatic rings. The van der Waals surface area contributed by atoms with Gasteiger partial charge in [-0.3, -0.25) is 9.78 Å². The third-order valence-corrected chi connectivity index (χ3v) is 7.75. The molecule has 2 aromatic rings. The van der Waals surface area contributed by atoms with Crippen LogP contribution < -0.4 is 10.5 Å². The molecular weight excluding hydrogens is 418 g/mol. The Hall–Kier alpha value is -2.74. The molecule has 0 spiro atoms. The van der Waals surface area contributed by atoms with Gasteiger partial charge >= 0.3 is 0 Å². The maximum atomic E-state index is 12.8. The van der Waals surface area contributed by atoms with E-state index in [-0.39, 0.29) is 16.2 Å². The maximum absolute atomic E-state index is 12.8. The first-order chi connectivity index (χ1) is 14.9. The number of sulfonamides is 1. The number of nitrogens with one attached hydrogen (secondary N) is 1. The van der Waals surface area contributed by atoms with Gasteiger partial charge in [0.1, 0.15) is 11.6 Å². The second kappa shape index (κ2) is 8.78. The van der Waals surface area contributed by atoms with E-state index in [1.54, 1.807) is 12.1 Å². The first-order valence-corrected chi connectivity index (χ1v) is 11.8. The van der Waals surface area contributed by atoms with Gasteiger partial charge in [-0.2, -0.15) is 9.57 Å². The van der Waals surface area contributed by atoms with Crippen molar-refractivity contribution in [1.29, 1.82) is 5.26 Å². The lowest BCUT2D eigenvalue weighted by Crippen LogP contribution is -2.40. The summed E-state index contributed by atoms with van der Waals surface area (Å²) < 4.78 is 32.3. The average molecular weight is 444 g/mol. The van der Waals surface area contributed by atoms with Crippen molar-refractivity contribution in [2.75, 3.05) is 44.3 Å².